The fraction of sp³-hybridized carbons (Fsp3) is 0.125. The van der Waals surface area contributed by atoms with Crippen molar-refractivity contribution in [3.8, 4) is 11.5 Å². The van der Waals surface area contributed by atoms with Crippen LogP contribution in [0.15, 0.2) is 18.3 Å². The first-order valence-corrected chi connectivity index (χ1v) is 4.14. The van der Waals surface area contributed by atoms with Crippen molar-refractivity contribution in [2.45, 2.75) is 6.92 Å². The molecule has 2 aromatic heterocycles. The average Bonchev–Trinajstić information content (AvgIpc) is 2.53. The summed E-state index contributed by atoms with van der Waals surface area (Å²) < 4.78 is 0. The van der Waals surface area contributed by atoms with Crippen LogP contribution in [-0.4, -0.2) is 20.2 Å². The summed E-state index contributed by atoms with van der Waals surface area (Å²) >= 11 is 5.78. The van der Waals surface area contributed by atoms with E-state index in [0.29, 0.717) is 11.0 Å². The van der Waals surface area contributed by atoms with Crippen LogP contribution in [0.1, 0.15) is 5.69 Å². The van der Waals surface area contributed by atoms with E-state index >= 15 is 0 Å². The van der Waals surface area contributed by atoms with Crippen molar-refractivity contribution in [3.63, 3.8) is 0 Å². The lowest BCUT2D eigenvalue weighted by atomic mass is 10.4. The highest BCUT2D eigenvalue weighted by molar-refractivity contribution is 6.29. The summed E-state index contributed by atoms with van der Waals surface area (Å²) in [5.41, 5.74) is 1.61. The fourth-order valence-corrected chi connectivity index (χ4v) is 1.27. The SMILES string of the molecule is Cc1cc(Cl)nc(-c2ccn[nH]2)n1. The second-order valence-electron chi connectivity index (χ2n) is 2.63. The van der Waals surface area contributed by atoms with Gasteiger partial charge in [0.2, 0.25) is 0 Å². The van der Waals surface area contributed by atoms with Crippen molar-refractivity contribution in [2.75, 3.05) is 0 Å². The molecule has 4 nitrogen and oxygen atoms in total. The van der Waals surface area contributed by atoms with E-state index in [-0.39, 0.29) is 0 Å². The summed E-state index contributed by atoms with van der Waals surface area (Å²) in [7, 11) is 0. The number of nitrogens with one attached hydrogen (secondary N) is 1. The van der Waals surface area contributed by atoms with E-state index in [1.807, 2.05) is 6.92 Å². The second kappa shape index (κ2) is 3.14. The molecule has 0 spiro atoms. The van der Waals surface area contributed by atoms with Gasteiger partial charge < -0.3 is 0 Å². The first-order chi connectivity index (χ1) is 6.25. The molecule has 2 rings (SSSR count). The lowest BCUT2D eigenvalue weighted by molar-refractivity contribution is 1.05. The highest BCUT2D eigenvalue weighted by atomic mass is 35.5. The molecule has 0 fully saturated rings. The van der Waals surface area contributed by atoms with Gasteiger partial charge in [-0.05, 0) is 19.1 Å². The maximum Gasteiger partial charge on any atom is 0.179 e. The highest BCUT2D eigenvalue weighted by Gasteiger charge is 2.03. The summed E-state index contributed by atoms with van der Waals surface area (Å²) in [6, 6.07) is 3.51. The number of hydrogen-bond donors (Lipinski definition) is 1. The highest BCUT2D eigenvalue weighted by Crippen LogP contribution is 2.14. The molecule has 0 aliphatic carbocycles. The van der Waals surface area contributed by atoms with Gasteiger partial charge >= 0.3 is 0 Å². The van der Waals surface area contributed by atoms with E-state index < -0.39 is 0 Å². The van der Waals surface area contributed by atoms with E-state index in [2.05, 4.69) is 20.2 Å². The average molecular weight is 195 g/mol. The lowest BCUT2D eigenvalue weighted by Gasteiger charge is -1.98. The molecule has 0 amide bonds. The molecule has 1 N–H and O–H groups in total. The Morgan fingerprint density at radius 1 is 1.38 bits per heavy atom. The van der Waals surface area contributed by atoms with Crippen molar-refractivity contribution >= 4 is 11.6 Å². The number of aromatic amines is 1. The zero-order valence-corrected chi connectivity index (χ0v) is 7.71. The van der Waals surface area contributed by atoms with Crippen LogP contribution in [0.2, 0.25) is 5.15 Å². The molecule has 0 aromatic carbocycles. The first kappa shape index (κ1) is 8.19. The molecule has 2 heterocycles. The summed E-state index contributed by atoms with van der Waals surface area (Å²) in [5.74, 6) is 0.572. The number of aromatic nitrogens is 4. The summed E-state index contributed by atoms with van der Waals surface area (Å²) in [6.07, 6.45) is 1.65. The normalized spacial score (nSPS) is 10.3. The zero-order valence-electron chi connectivity index (χ0n) is 6.95. The quantitative estimate of drug-likeness (QED) is 0.705. The number of aryl methyl sites for hydroxylation is 1. The molecule has 0 aliphatic heterocycles. The minimum atomic E-state index is 0.442. The Hall–Kier alpha value is -1.42. The Labute approximate surface area is 80.0 Å². The van der Waals surface area contributed by atoms with Crippen molar-refractivity contribution in [3.05, 3.63) is 29.2 Å². The molecule has 0 saturated carbocycles. The molecule has 13 heavy (non-hydrogen) atoms. The molecule has 0 atom stereocenters. The maximum absolute atomic E-state index is 5.78. The Morgan fingerprint density at radius 2 is 2.23 bits per heavy atom. The molecule has 0 bridgehead atoms. The topological polar surface area (TPSA) is 54.5 Å². The lowest BCUT2D eigenvalue weighted by Crippen LogP contribution is -1.92. The maximum atomic E-state index is 5.78. The van der Waals surface area contributed by atoms with E-state index in [4.69, 9.17) is 11.6 Å². The van der Waals surface area contributed by atoms with Gasteiger partial charge in [-0.2, -0.15) is 5.10 Å². The molecule has 66 valence electrons. The zero-order chi connectivity index (χ0) is 9.26. The molecule has 2 aromatic rings. The third kappa shape index (κ3) is 1.67. The van der Waals surface area contributed by atoms with Crippen LogP contribution < -0.4 is 0 Å². The number of rotatable bonds is 1. The monoisotopic (exact) mass is 194 g/mol. The Morgan fingerprint density at radius 3 is 2.85 bits per heavy atom. The standard InChI is InChI=1S/C8H7ClN4/c1-5-4-7(9)12-8(11-5)6-2-3-10-13-6/h2-4H,1H3,(H,10,13). The third-order valence-electron chi connectivity index (χ3n) is 1.56. The molecule has 0 unspecified atom stereocenters. The van der Waals surface area contributed by atoms with Crippen LogP contribution in [0.4, 0.5) is 0 Å². The largest absolute Gasteiger partial charge is 0.275 e. The summed E-state index contributed by atoms with van der Waals surface area (Å²) in [4.78, 5) is 8.27. The Balaban J connectivity index is 2.53. The van der Waals surface area contributed by atoms with E-state index in [1.165, 1.54) is 0 Å². The summed E-state index contributed by atoms with van der Waals surface area (Å²) in [5, 5.41) is 7.03. The first-order valence-electron chi connectivity index (χ1n) is 3.76. The molecular formula is C8H7ClN4. The second-order valence-corrected chi connectivity index (χ2v) is 3.01. The number of hydrogen-bond acceptors (Lipinski definition) is 3. The predicted molar refractivity (Wildman–Crippen MR) is 49.4 cm³/mol. The number of H-pyrrole nitrogens is 1. The van der Waals surface area contributed by atoms with Gasteiger partial charge in [0.05, 0.1) is 0 Å². The van der Waals surface area contributed by atoms with E-state index in [0.717, 1.165) is 11.4 Å². The van der Waals surface area contributed by atoms with E-state index in [1.54, 1.807) is 18.3 Å². The molecule has 0 saturated heterocycles. The molecular weight excluding hydrogens is 188 g/mol. The number of halogens is 1. The van der Waals surface area contributed by atoms with Crippen molar-refractivity contribution in [1.29, 1.82) is 0 Å². The van der Waals surface area contributed by atoms with Crippen LogP contribution in [0, 0.1) is 6.92 Å². The van der Waals surface area contributed by atoms with Crippen LogP contribution >= 0.6 is 11.6 Å². The van der Waals surface area contributed by atoms with Gasteiger partial charge in [0, 0.05) is 11.9 Å². The van der Waals surface area contributed by atoms with Crippen LogP contribution in [0.3, 0.4) is 0 Å². The van der Waals surface area contributed by atoms with Crippen LogP contribution in [-0.2, 0) is 0 Å². The third-order valence-corrected chi connectivity index (χ3v) is 1.76. The van der Waals surface area contributed by atoms with Crippen molar-refractivity contribution in [1.82, 2.24) is 20.2 Å². The van der Waals surface area contributed by atoms with Crippen LogP contribution in [0.5, 0.6) is 0 Å². The van der Waals surface area contributed by atoms with Gasteiger partial charge in [0.15, 0.2) is 5.82 Å². The van der Waals surface area contributed by atoms with Crippen molar-refractivity contribution in [2.24, 2.45) is 0 Å². The van der Waals surface area contributed by atoms with Crippen LogP contribution in [0.25, 0.3) is 11.5 Å². The number of nitrogens with zero attached hydrogens (tertiary/aromatic N) is 3. The van der Waals surface area contributed by atoms with Gasteiger partial charge in [-0.15, -0.1) is 0 Å². The minimum Gasteiger partial charge on any atom is -0.275 e. The molecule has 0 radical (unpaired) electrons. The Bertz CT molecular complexity index is 390. The van der Waals surface area contributed by atoms with Gasteiger partial charge in [0.25, 0.3) is 0 Å². The summed E-state index contributed by atoms with van der Waals surface area (Å²) in [6.45, 7) is 1.87. The fourth-order valence-electron chi connectivity index (χ4n) is 1.03. The van der Waals surface area contributed by atoms with Gasteiger partial charge in [-0.3, -0.25) is 5.10 Å². The van der Waals surface area contributed by atoms with Crippen molar-refractivity contribution < 1.29 is 0 Å². The predicted octanol–water partition coefficient (Wildman–Crippen LogP) is 1.83. The van der Waals surface area contributed by atoms with Gasteiger partial charge in [-0.25, -0.2) is 9.97 Å². The van der Waals surface area contributed by atoms with Gasteiger partial charge in [0.1, 0.15) is 10.8 Å². The smallest absolute Gasteiger partial charge is 0.179 e. The molecule has 0 aliphatic rings. The Kier molecular flexibility index (Phi) is 1.98. The molecule has 5 heteroatoms. The minimum absolute atomic E-state index is 0.442. The van der Waals surface area contributed by atoms with Gasteiger partial charge in [-0.1, -0.05) is 11.6 Å². The van der Waals surface area contributed by atoms with E-state index in [9.17, 15) is 0 Å².